The van der Waals surface area contributed by atoms with Gasteiger partial charge in [0.2, 0.25) is 11.8 Å². The number of hydrogen-bond acceptors (Lipinski definition) is 4. The lowest BCUT2D eigenvalue weighted by atomic mass is 10.1. The van der Waals surface area contributed by atoms with Crippen LogP contribution in [-0.2, 0) is 9.59 Å². The number of aromatic nitrogens is 1. The van der Waals surface area contributed by atoms with Crippen molar-refractivity contribution in [3.05, 3.63) is 29.5 Å². The number of H-pyrrole nitrogens is 1. The first-order valence-electron chi connectivity index (χ1n) is 8.82. The van der Waals surface area contributed by atoms with Crippen LogP contribution in [0.25, 0.3) is 10.9 Å². The number of para-hydroxylation sites is 1. The number of aromatic amines is 1. The highest BCUT2D eigenvalue weighted by Gasteiger charge is 2.36. The van der Waals surface area contributed by atoms with E-state index in [1.807, 2.05) is 25.1 Å². The number of aryl methyl sites for hydroxylation is 1. The van der Waals surface area contributed by atoms with Crippen molar-refractivity contribution < 1.29 is 19.1 Å². The average Bonchev–Trinajstić information content (AvgIpc) is 3.03. The molecule has 1 saturated heterocycles. The summed E-state index contributed by atoms with van der Waals surface area (Å²) in [6.45, 7) is 4.17. The van der Waals surface area contributed by atoms with Crippen molar-refractivity contribution in [3.8, 4) is 5.75 Å². The lowest BCUT2D eigenvalue weighted by Crippen LogP contribution is -2.60. The van der Waals surface area contributed by atoms with Crippen LogP contribution in [0.2, 0.25) is 0 Å². The molecule has 2 N–H and O–H groups in total. The number of nitrogens with zero attached hydrogens (tertiary/aromatic N) is 2. The fourth-order valence-electron chi connectivity index (χ4n) is 3.60. The number of piperazine rings is 1. The molecule has 1 atom stereocenters. The fourth-order valence-corrected chi connectivity index (χ4v) is 3.60. The zero-order chi connectivity index (χ0) is 19.7. The van der Waals surface area contributed by atoms with Crippen molar-refractivity contribution in [1.29, 1.82) is 0 Å². The SMILES string of the molecule is CNC(=O)C1CN(C(=O)c2[nH]c3c(OC)cccc3c2C)CCN1C(C)=O. The molecule has 3 amide bonds. The van der Waals surface area contributed by atoms with Gasteiger partial charge < -0.3 is 24.8 Å². The molecule has 3 rings (SSSR count). The fraction of sp³-hybridized carbons (Fsp3) is 0.421. The molecule has 1 aliphatic rings. The summed E-state index contributed by atoms with van der Waals surface area (Å²) in [5.74, 6) is 0.0158. The second kappa shape index (κ2) is 7.30. The van der Waals surface area contributed by atoms with Crippen LogP contribution in [0.3, 0.4) is 0 Å². The number of rotatable bonds is 3. The number of carbonyl (C=O) groups excluding carboxylic acids is 3. The Hall–Kier alpha value is -3.03. The Bertz CT molecular complexity index is 904. The molecule has 1 unspecified atom stereocenters. The third-order valence-electron chi connectivity index (χ3n) is 5.11. The molecule has 1 fully saturated rings. The van der Waals surface area contributed by atoms with Gasteiger partial charge >= 0.3 is 0 Å². The summed E-state index contributed by atoms with van der Waals surface area (Å²) in [4.78, 5) is 43.5. The zero-order valence-corrected chi connectivity index (χ0v) is 16.0. The maximum Gasteiger partial charge on any atom is 0.270 e. The topological polar surface area (TPSA) is 94.7 Å². The van der Waals surface area contributed by atoms with Crippen molar-refractivity contribution in [2.45, 2.75) is 19.9 Å². The molecule has 2 aromatic rings. The highest BCUT2D eigenvalue weighted by Crippen LogP contribution is 2.30. The Labute approximate surface area is 157 Å². The third-order valence-corrected chi connectivity index (χ3v) is 5.11. The van der Waals surface area contributed by atoms with Gasteiger partial charge in [-0.25, -0.2) is 0 Å². The van der Waals surface area contributed by atoms with E-state index in [1.165, 1.54) is 18.9 Å². The first kappa shape index (κ1) is 18.8. The monoisotopic (exact) mass is 372 g/mol. The Morgan fingerprint density at radius 3 is 2.63 bits per heavy atom. The first-order valence-corrected chi connectivity index (χ1v) is 8.82. The summed E-state index contributed by atoms with van der Waals surface area (Å²) < 4.78 is 5.37. The summed E-state index contributed by atoms with van der Waals surface area (Å²) in [7, 11) is 3.11. The maximum atomic E-state index is 13.1. The molecule has 27 heavy (non-hydrogen) atoms. The standard InChI is InChI=1S/C19H24N4O4/c1-11-13-6-5-7-15(27-4)17(13)21-16(11)19(26)22-8-9-23(12(2)24)14(10-22)18(25)20-3/h5-7,14,21H,8-10H2,1-4H3,(H,20,25). The molecule has 0 saturated carbocycles. The van der Waals surface area contributed by atoms with E-state index in [9.17, 15) is 14.4 Å². The number of carbonyl (C=O) groups is 3. The molecule has 1 aromatic carbocycles. The lowest BCUT2D eigenvalue weighted by molar-refractivity contribution is -0.141. The van der Waals surface area contributed by atoms with Gasteiger partial charge in [-0.1, -0.05) is 12.1 Å². The van der Waals surface area contributed by atoms with Crippen molar-refractivity contribution in [3.63, 3.8) is 0 Å². The van der Waals surface area contributed by atoms with Gasteiger partial charge in [-0.2, -0.15) is 0 Å². The number of hydrogen-bond donors (Lipinski definition) is 2. The largest absolute Gasteiger partial charge is 0.495 e. The van der Waals surface area contributed by atoms with E-state index >= 15 is 0 Å². The van der Waals surface area contributed by atoms with E-state index in [0.717, 1.165) is 16.5 Å². The molecule has 1 aromatic heterocycles. The quantitative estimate of drug-likeness (QED) is 0.837. The van der Waals surface area contributed by atoms with Gasteiger partial charge in [0.05, 0.1) is 19.2 Å². The average molecular weight is 372 g/mol. The number of fused-ring (bicyclic) bond motifs is 1. The third kappa shape index (κ3) is 3.22. The normalized spacial score (nSPS) is 17.1. The molecule has 0 radical (unpaired) electrons. The number of ether oxygens (including phenoxy) is 1. The van der Waals surface area contributed by atoms with Crippen LogP contribution in [0.1, 0.15) is 23.0 Å². The number of methoxy groups -OCH3 is 1. The van der Waals surface area contributed by atoms with Gasteiger partial charge in [-0.05, 0) is 18.6 Å². The van der Waals surface area contributed by atoms with Crippen molar-refractivity contribution >= 4 is 28.6 Å². The smallest absolute Gasteiger partial charge is 0.270 e. The van der Waals surface area contributed by atoms with Gasteiger partial charge in [0.1, 0.15) is 17.5 Å². The highest BCUT2D eigenvalue weighted by molar-refractivity contribution is 6.02. The van der Waals surface area contributed by atoms with Gasteiger partial charge in [0.15, 0.2) is 0 Å². The van der Waals surface area contributed by atoms with Crippen LogP contribution in [0.15, 0.2) is 18.2 Å². The summed E-state index contributed by atoms with van der Waals surface area (Å²) >= 11 is 0. The minimum absolute atomic E-state index is 0.157. The van der Waals surface area contributed by atoms with Crippen LogP contribution in [0, 0.1) is 6.92 Å². The second-order valence-electron chi connectivity index (χ2n) is 6.60. The molecule has 0 aliphatic carbocycles. The van der Waals surface area contributed by atoms with Gasteiger partial charge in [0, 0.05) is 32.4 Å². The van der Waals surface area contributed by atoms with Crippen molar-refractivity contribution in [2.24, 2.45) is 0 Å². The molecule has 2 heterocycles. The van der Waals surface area contributed by atoms with E-state index < -0.39 is 6.04 Å². The summed E-state index contributed by atoms with van der Waals surface area (Å²) in [6, 6.07) is 4.95. The molecule has 1 aliphatic heterocycles. The Kier molecular flexibility index (Phi) is 5.07. The number of amides is 3. The van der Waals surface area contributed by atoms with Crippen LogP contribution >= 0.6 is 0 Å². The summed E-state index contributed by atoms with van der Waals surface area (Å²) in [5.41, 5.74) is 2.08. The molecular formula is C19H24N4O4. The number of likely N-dealkylation sites (N-methyl/N-ethyl adjacent to an activating group) is 1. The van der Waals surface area contributed by atoms with E-state index in [0.29, 0.717) is 24.5 Å². The first-order chi connectivity index (χ1) is 12.9. The van der Waals surface area contributed by atoms with E-state index in [2.05, 4.69) is 10.3 Å². The van der Waals surface area contributed by atoms with E-state index in [4.69, 9.17) is 4.74 Å². The minimum atomic E-state index is -0.690. The molecule has 144 valence electrons. The second-order valence-corrected chi connectivity index (χ2v) is 6.60. The lowest BCUT2D eigenvalue weighted by Gasteiger charge is -2.39. The van der Waals surface area contributed by atoms with Crippen molar-refractivity contribution in [1.82, 2.24) is 20.1 Å². The van der Waals surface area contributed by atoms with Crippen LogP contribution < -0.4 is 10.1 Å². The Morgan fingerprint density at radius 2 is 2.00 bits per heavy atom. The molecule has 8 heteroatoms. The Morgan fingerprint density at radius 1 is 1.26 bits per heavy atom. The van der Waals surface area contributed by atoms with Crippen LogP contribution in [0.5, 0.6) is 5.75 Å². The van der Waals surface area contributed by atoms with Gasteiger partial charge in [-0.15, -0.1) is 0 Å². The predicted octanol–water partition coefficient (Wildman–Crippen LogP) is 0.904. The minimum Gasteiger partial charge on any atom is -0.495 e. The maximum absolute atomic E-state index is 13.1. The van der Waals surface area contributed by atoms with Gasteiger partial charge in [0.25, 0.3) is 5.91 Å². The van der Waals surface area contributed by atoms with Gasteiger partial charge in [-0.3, -0.25) is 14.4 Å². The van der Waals surface area contributed by atoms with E-state index in [1.54, 1.807) is 12.0 Å². The zero-order valence-electron chi connectivity index (χ0n) is 16.0. The number of benzene rings is 1. The molecule has 8 nitrogen and oxygen atoms in total. The van der Waals surface area contributed by atoms with Crippen LogP contribution in [-0.4, -0.2) is 72.3 Å². The molecular weight excluding hydrogens is 348 g/mol. The molecule has 0 bridgehead atoms. The van der Waals surface area contributed by atoms with Crippen molar-refractivity contribution in [2.75, 3.05) is 33.8 Å². The summed E-state index contributed by atoms with van der Waals surface area (Å²) in [6.07, 6.45) is 0. The number of nitrogens with one attached hydrogen (secondary N) is 2. The van der Waals surface area contributed by atoms with E-state index in [-0.39, 0.29) is 24.3 Å². The van der Waals surface area contributed by atoms with Crippen LogP contribution in [0.4, 0.5) is 0 Å². The predicted molar refractivity (Wildman–Crippen MR) is 101 cm³/mol. The molecule has 0 spiro atoms. The highest BCUT2D eigenvalue weighted by atomic mass is 16.5. The Balaban J connectivity index is 1.92. The summed E-state index contributed by atoms with van der Waals surface area (Å²) in [5, 5.41) is 3.49.